The predicted molar refractivity (Wildman–Crippen MR) is 324 cm³/mol. The summed E-state index contributed by atoms with van der Waals surface area (Å²) in [5.74, 6) is 1.95. The number of carbonyl (C=O) groups is 2. The molecule has 12 heteroatoms. The van der Waals surface area contributed by atoms with Crippen molar-refractivity contribution in [3.8, 4) is 39.0 Å². The molecule has 0 spiro atoms. The molecular weight excluding hydrogens is 1000 g/mol. The van der Waals surface area contributed by atoms with Crippen molar-refractivity contribution in [3.05, 3.63) is 81.4 Å². The lowest BCUT2D eigenvalue weighted by molar-refractivity contribution is -0.137. The summed E-state index contributed by atoms with van der Waals surface area (Å²) in [5.41, 5.74) is 18.4. The first-order chi connectivity index (χ1) is 35.0. The van der Waals surface area contributed by atoms with Gasteiger partial charge in [0.1, 0.15) is 11.0 Å². The highest BCUT2D eigenvalue weighted by Crippen LogP contribution is 2.49. The number of hydrogen-bond acceptors (Lipinski definition) is 12. The number of rotatable bonds is 29. The van der Waals surface area contributed by atoms with Crippen LogP contribution in [0.15, 0.2) is 70.1 Å². The second-order valence-corrected chi connectivity index (χ2v) is 25.2. The van der Waals surface area contributed by atoms with Crippen LogP contribution in [0.2, 0.25) is 0 Å². The lowest BCUT2D eigenvalue weighted by atomic mass is 9.88. The van der Waals surface area contributed by atoms with Crippen LogP contribution in [0.4, 0.5) is 11.4 Å². The lowest BCUT2D eigenvalue weighted by Gasteiger charge is -2.19. The minimum absolute atomic E-state index is 0.122. The Morgan fingerprint density at radius 1 is 0.444 bits per heavy atom. The third kappa shape index (κ3) is 17.3. The van der Waals surface area contributed by atoms with Crippen molar-refractivity contribution < 1.29 is 9.59 Å². The predicted octanol–water partition coefficient (Wildman–Crippen LogP) is 20.4. The van der Waals surface area contributed by atoms with E-state index in [-0.39, 0.29) is 11.6 Å². The second kappa shape index (κ2) is 32.0. The van der Waals surface area contributed by atoms with Gasteiger partial charge in [0.15, 0.2) is 11.6 Å². The smallest absolute Gasteiger partial charge is 0.198 e. The average Bonchev–Trinajstić information content (AvgIpc) is 4.27. The number of Topliss-reactive ketones (excluding diaryl/α,β-unsaturated/α-hetero) is 2. The fraction of sp³-hybridized carbons (Fsp3) is 0.533. The molecule has 7 aromatic heterocycles. The molecule has 0 aromatic carbocycles. The fourth-order valence-electron chi connectivity index (χ4n) is 9.21. The van der Waals surface area contributed by atoms with Crippen LogP contribution in [0.1, 0.15) is 182 Å². The van der Waals surface area contributed by atoms with E-state index < -0.39 is 0 Å². The van der Waals surface area contributed by atoms with Crippen molar-refractivity contribution in [1.82, 2.24) is 9.97 Å². The molecule has 4 N–H and O–H groups in total. The van der Waals surface area contributed by atoms with Gasteiger partial charge in [-0.15, -0.1) is 68.0 Å². The van der Waals surface area contributed by atoms with Crippen LogP contribution in [0.5, 0.6) is 0 Å². The van der Waals surface area contributed by atoms with Crippen LogP contribution in [-0.4, -0.2) is 21.5 Å². The molecular formula is C60H84N4O2S6. The minimum Gasteiger partial charge on any atom is -0.396 e. The number of nitrogens with two attached hydrogens (primary N) is 2. The van der Waals surface area contributed by atoms with Crippen LogP contribution in [0, 0.1) is 23.7 Å². The molecule has 392 valence electrons. The van der Waals surface area contributed by atoms with Crippen molar-refractivity contribution in [2.75, 3.05) is 11.5 Å². The molecule has 0 saturated carbocycles. The van der Waals surface area contributed by atoms with Gasteiger partial charge in [0.05, 0.1) is 42.3 Å². The van der Waals surface area contributed by atoms with Gasteiger partial charge in [-0.1, -0.05) is 182 Å². The number of thiophene rings is 6. The summed E-state index contributed by atoms with van der Waals surface area (Å²) < 4.78 is 0. The Kier molecular flexibility index (Phi) is 26.4. The van der Waals surface area contributed by atoms with Gasteiger partial charge in [-0.25, -0.2) is 9.97 Å². The van der Waals surface area contributed by atoms with Gasteiger partial charge in [0.2, 0.25) is 0 Å². The van der Waals surface area contributed by atoms with E-state index in [0.29, 0.717) is 47.9 Å². The second-order valence-electron chi connectivity index (χ2n) is 19.4. The number of nitrogens with zero attached hydrogens (tertiary/aromatic N) is 2. The van der Waals surface area contributed by atoms with Crippen molar-refractivity contribution >= 4 is 102 Å². The Hall–Kier alpha value is -3.52. The van der Waals surface area contributed by atoms with E-state index in [1.807, 2.05) is 46.1 Å². The molecule has 4 unspecified atom stereocenters. The summed E-state index contributed by atoms with van der Waals surface area (Å²) in [6.07, 6.45) is 22.0. The number of ketones is 2. The molecule has 0 fully saturated rings. The average molecular weight is 1090 g/mol. The number of nitrogen functional groups attached to an aromatic ring is 2. The zero-order chi connectivity index (χ0) is 51.8. The minimum atomic E-state index is -0.122. The van der Waals surface area contributed by atoms with Crippen molar-refractivity contribution in [1.29, 1.82) is 0 Å². The molecule has 7 heterocycles. The van der Waals surface area contributed by atoms with Gasteiger partial charge in [0, 0.05) is 32.4 Å². The topological polar surface area (TPSA) is 112 Å². The van der Waals surface area contributed by atoms with Crippen molar-refractivity contribution in [2.24, 2.45) is 23.7 Å². The van der Waals surface area contributed by atoms with Crippen LogP contribution in [-0.2, 0) is 22.4 Å². The monoisotopic (exact) mass is 1080 g/mol. The number of hydrogen-bond donors (Lipinski definition) is 2. The largest absolute Gasteiger partial charge is 0.396 e. The first-order valence-corrected chi connectivity index (χ1v) is 32.4. The highest BCUT2D eigenvalue weighted by molar-refractivity contribution is 7.28. The van der Waals surface area contributed by atoms with Gasteiger partial charge in [-0.2, -0.15) is 0 Å². The Labute approximate surface area is 457 Å². The van der Waals surface area contributed by atoms with Crippen LogP contribution < -0.4 is 11.5 Å². The van der Waals surface area contributed by atoms with E-state index in [4.69, 9.17) is 21.4 Å². The van der Waals surface area contributed by atoms with Crippen LogP contribution in [0.3, 0.4) is 0 Å². The first kappa shape index (κ1) is 59.4. The number of anilines is 2. The maximum absolute atomic E-state index is 12.1. The van der Waals surface area contributed by atoms with Gasteiger partial charge >= 0.3 is 0 Å². The van der Waals surface area contributed by atoms with Gasteiger partial charge < -0.3 is 11.5 Å². The summed E-state index contributed by atoms with van der Waals surface area (Å²) in [5, 5.41) is 8.45. The van der Waals surface area contributed by atoms with E-state index in [9.17, 15) is 9.59 Å². The molecule has 0 aliphatic carbocycles. The maximum atomic E-state index is 12.1. The Balaban J connectivity index is 0.000000220. The Bertz CT molecular complexity index is 2400. The lowest BCUT2D eigenvalue weighted by Crippen LogP contribution is -2.20. The Morgan fingerprint density at radius 2 is 0.736 bits per heavy atom. The number of aromatic nitrogens is 2. The van der Waals surface area contributed by atoms with E-state index >= 15 is 0 Å². The van der Waals surface area contributed by atoms with E-state index in [1.54, 1.807) is 34.0 Å². The van der Waals surface area contributed by atoms with E-state index in [0.717, 1.165) is 85.0 Å². The molecule has 0 radical (unpaired) electrons. The third-order valence-electron chi connectivity index (χ3n) is 14.0. The Morgan fingerprint density at radius 3 is 1.01 bits per heavy atom. The quantitative estimate of drug-likeness (QED) is 0.0452. The molecule has 6 nitrogen and oxygen atoms in total. The maximum Gasteiger partial charge on any atom is 0.198 e. The number of carbonyl (C=O) groups excluding carboxylic acids is 2. The zero-order valence-corrected chi connectivity index (χ0v) is 49.6. The highest BCUT2D eigenvalue weighted by Gasteiger charge is 2.25. The summed E-state index contributed by atoms with van der Waals surface area (Å²) in [4.78, 5) is 44.8. The van der Waals surface area contributed by atoms with E-state index in [1.165, 1.54) is 92.0 Å². The molecule has 72 heavy (non-hydrogen) atoms. The van der Waals surface area contributed by atoms with Gasteiger partial charge in [0.25, 0.3) is 0 Å². The summed E-state index contributed by atoms with van der Waals surface area (Å²) in [7, 11) is 0. The van der Waals surface area contributed by atoms with E-state index in [2.05, 4.69) is 113 Å². The van der Waals surface area contributed by atoms with Crippen molar-refractivity contribution in [3.63, 3.8) is 0 Å². The standard InChI is InChI=1S/C30H40N2S3.C18H34O2.C12H10N2S3/c1-5-9-13-21(7-3)19-23-24(20-22(8-4)14-10-6-2)32-28-27(31-23)29(25-15-11-17-33-25)35-30(28)26-16-12-18-34-26;1-5-9-11-15(7-3)13-17(19)18(20)14-16(8-4)12-10-6-2;13-9-10(14)12(8-4-2-6-16-8)17-11(9)7-3-1-5-15-7/h11-12,15-18,21-22H,5-10,13-14,19-20H2,1-4H3;15-16H,5-14H2,1-4H3;1-6H,13-14H2. The summed E-state index contributed by atoms with van der Waals surface area (Å²) in [6.45, 7) is 17.9. The molecule has 4 atom stereocenters. The van der Waals surface area contributed by atoms with Gasteiger partial charge in [-0.3, -0.25) is 9.59 Å². The van der Waals surface area contributed by atoms with Crippen LogP contribution in [0.25, 0.3) is 50.1 Å². The van der Waals surface area contributed by atoms with Gasteiger partial charge in [-0.05, 0) is 82.3 Å². The third-order valence-corrected chi connectivity index (χ3v) is 20.6. The fourth-order valence-corrected chi connectivity index (χ4v) is 15.0. The molecule has 0 aliphatic rings. The molecule has 0 saturated heterocycles. The zero-order valence-electron chi connectivity index (χ0n) is 44.7. The number of fused-ring (bicyclic) bond motifs is 1. The first-order valence-electron chi connectivity index (χ1n) is 27.2. The normalized spacial score (nSPS) is 13.0. The molecule has 0 aliphatic heterocycles. The number of unbranched alkanes of at least 4 members (excludes halogenated alkanes) is 4. The molecule has 0 bridgehead atoms. The summed E-state index contributed by atoms with van der Waals surface area (Å²) >= 11 is 10.5. The van der Waals surface area contributed by atoms with Crippen molar-refractivity contribution in [2.45, 2.75) is 184 Å². The highest BCUT2D eigenvalue weighted by atomic mass is 32.1. The van der Waals surface area contributed by atoms with Crippen LogP contribution >= 0.6 is 68.0 Å². The molecule has 7 rings (SSSR count). The SMILES string of the molecule is CCCCC(CC)CC(=O)C(=O)CC(CC)CCCC.CCCCC(CC)Cc1nc2c(-c3cccs3)sc(-c3cccs3)c2nc1CC(CC)CCCC.Nc1c(-c2cccs2)sc(-c2cccs2)c1N. The molecule has 7 aromatic rings. The molecule has 0 amide bonds. The summed E-state index contributed by atoms with van der Waals surface area (Å²) in [6, 6.07) is 17.0.